The molecule has 0 saturated heterocycles. The van der Waals surface area contributed by atoms with Crippen LogP contribution in [-0.4, -0.2) is 15.0 Å². The first-order valence-corrected chi connectivity index (χ1v) is 20.5. The van der Waals surface area contributed by atoms with E-state index in [-0.39, 0.29) is 0 Å². The summed E-state index contributed by atoms with van der Waals surface area (Å²) in [5.41, 5.74) is 15.5. The molecule has 286 valence electrons. The van der Waals surface area contributed by atoms with Crippen LogP contribution in [0.1, 0.15) is 0 Å². The molecule has 11 rings (SSSR count). The SMILES string of the molecule is c1ccc(-c2ccc(-c3nc(-c4ccc(-c5ccccc5)cc4)nc(-c4cccc(-c5cccc6c5oc5c(-c7ccccc7)cc(-c7ccccc7)cc56)c4)n3)cc2)cc1. The second-order valence-electron chi connectivity index (χ2n) is 15.2. The zero-order valence-corrected chi connectivity index (χ0v) is 33.1. The van der Waals surface area contributed by atoms with Gasteiger partial charge in [-0.3, -0.25) is 0 Å². The van der Waals surface area contributed by atoms with Crippen molar-refractivity contribution in [2.45, 2.75) is 0 Å². The van der Waals surface area contributed by atoms with Gasteiger partial charge in [0.1, 0.15) is 11.2 Å². The van der Waals surface area contributed by atoms with Crippen molar-refractivity contribution in [2.24, 2.45) is 0 Å². The first-order valence-electron chi connectivity index (χ1n) is 20.5. The Morgan fingerprint density at radius 1 is 0.230 bits per heavy atom. The third-order valence-electron chi connectivity index (χ3n) is 11.4. The van der Waals surface area contributed by atoms with Crippen molar-refractivity contribution >= 4 is 21.9 Å². The number of benzene rings is 9. The van der Waals surface area contributed by atoms with Crippen LogP contribution < -0.4 is 0 Å². The van der Waals surface area contributed by atoms with E-state index in [1.54, 1.807) is 0 Å². The van der Waals surface area contributed by atoms with Crippen molar-refractivity contribution in [1.82, 2.24) is 15.0 Å². The van der Waals surface area contributed by atoms with E-state index >= 15 is 0 Å². The van der Waals surface area contributed by atoms with Crippen LogP contribution in [0.3, 0.4) is 0 Å². The lowest BCUT2D eigenvalue weighted by molar-refractivity contribution is 0.671. The van der Waals surface area contributed by atoms with Crippen LogP contribution in [-0.2, 0) is 0 Å². The molecule has 0 N–H and O–H groups in total. The number of nitrogens with zero attached hydrogens (tertiary/aromatic N) is 3. The Morgan fingerprint density at radius 3 is 1.16 bits per heavy atom. The Bertz CT molecular complexity index is 3210. The van der Waals surface area contributed by atoms with Gasteiger partial charge in [-0.05, 0) is 62.7 Å². The molecule has 0 spiro atoms. The first kappa shape index (κ1) is 35.9. The molecule has 2 aromatic heterocycles. The average molecular weight is 780 g/mol. The molecule has 0 bridgehead atoms. The molecule has 0 atom stereocenters. The summed E-state index contributed by atoms with van der Waals surface area (Å²) in [5, 5.41) is 2.15. The summed E-state index contributed by atoms with van der Waals surface area (Å²) in [6, 6.07) is 78.1. The molecule has 0 saturated carbocycles. The van der Waals surface area contributed by atoms with Crippen molar-refractivity contribution in [1.29, 1.82) is 0 Å². The number of furan rings is 1. The lowest BCUT2D eigenvalue weighted by atomic mass is 9.95. The van der Waals surface area contributed by atoms with Gasteiger partial charge >= 0.3 is 0 Å². The Hall–Kier alpha value is -8.21. The maximum absolute atomic E-state index is 6.96. The van der Waals surface area contributed by atoms with Gasteiger partial charge in [-0.1, -0.05) is 206 Å². The summed E-state index contributed by atoms with van der Waals surface area (Å²) in [6.45, 7) is 0. The molecule has 2 heterocycles. The van der Waals surface area contributed by atoms with Gasteiger partial charge in [0.25, 0.3) is 0 Å². The number of rotatable bonds is 8. The number of aromatic nitrogens is 3. The van der Waals surface area contributed by atoms with E-state index in [9.17, 15) is 0 Å². The smallest absolute Gasteiger partial charge is 0.164 e. The predicted octanol–water partition coefficient (Wildman–Crippen LogP) is 15.1. The predicted molar refractivity (Wildman–Crippen MR) is 251 cm³/mol. The van der Waals surface area contributed by atoms with Crippen molar-refractivity contribution in [3.05, 3.63) is 224 Å². The van der Waals surface area contributed by atoms with E-state index in [4.69, 9.17) is 19.4 Å². The summed E-state index contributed by atoms with van der Waals surface area (Å²) in [7, 11) is 0. The molecular formula is C57H37N3O. The number of hydrogen-bond acceptors (Lipinski definition) is 4. The molecule has 0 amide bonds. The van der Waals surface area contributed by atoms with Crippen LogP contribution in [0.15, 0.2) is 229 Å². The summed E-state index contributed by atoms with van der Waals surface area (Å²) >= 11 is 0. The third kappa shape index (κ3) is 6.96. The van der Waals surface area contributed by atoms with Gasteiger partial charge in [-0.25, -0.2) is 15.0 Å². The molecule has 0 aliphatic rings. The summed E-state index contributed by atoms with van der Waals surface area (Å²) in [4.78, 5) is 15.3. The largest absolute Gasteiger partial charge is 0.455 e. The Labute approximate surface area is 354 Å². The molecule has 0 fully saturated rings. The van der Waals surface area contributed by atoms with E-state index in [2.05, 4.69) is 206 Å². The van der Waals surface area contributed by atoms with Crippen LogP contribution in [0.25, 0.3) is 112 Å². The van der Waals surface area contributed by atoms with Gasteiger partial charge in [0.05, 0.1) is 0 Å². The minimum atomic E-state index is 0.594. The molecule has 9 aromatic carbocycles. The minimum absolute atomic E-state index is 0.594. The quantitative estimate of drug-likeness (QED) is 0.154. The molecular weight excluding hydrogens is 743 g/mol. The number of hydrogen-bond donors (Lipinski definition) is 0. The average Bonchev–Trinajstić information content (AvgIpc) is 3.74. The zero-order chi connectivity index (χ0) is 40.5. The summed E-state index contributed by atoms with van der Waals surface area (Å²) in [6.07, 6.45) is 0. The molecule has 4 heteroatoms. The van der Waals surface area contributed by atoms with E-state index in [0.29, 0.717) is 17.5 Å². The molecule has 0 unspecified atom stereocenters. The molecule has 0 aliphatic heterocycles. The maximum Gasteiger partial charge on any atom is 0.164 e. The lowest BCUT2D eigenvalue weighted by Gasteiger charge is -2.11. The van der Waals surface area contributed by atoms with Crippen molar-refractivity contribution in [2.75, 3.05) is 0 Å². The normalized spacial score (nSPS) is 11.3. The Kier molecular flexibility index (Phi) is 9.14. The second-order valence-corrected chi connectivity index (χ2v) is 15.2. The van der Waals surface area contributed by atoms with Gasteiger partial charge in [0.15, 0.2) is 17.5 Å². The highest BCUT2D eigenvalue weighted by atomic mass is 16.3. The summed E-state index contributed by atoms with van der Waals surface area (Å²) in [5.74, 6) is 1.81. The Morgan fingerprint density at radius 2 is 0.623 bits per heavy atom. The van der Waals surface area contributed by atoms with Crippen molar-refractivity contribution in [3.8, 4) is 89.8 Å². The number of fused-ring (bicyclic) bond motifs is 3. The molecule has 11 aromatic rings. The van der Waals surface area contributed by atoms with Crippen LogP contribution in [0.5, 0.6) is 0 Å². The van der Waals surface area contributed by atoms with Crippen LogP contribution in [0, 0.1) is 0 Å². The van der Waals surface area contributed by atoms with Gasteiger partial charge in [-0.2, -0.15) is 0 Å². The molecule has 0 radical (unpaired) electrons. The zero-order valence-electron chi connectivity index (χ0n) is 33.1. The molecule has 4 nitrogen and oxygen atoms in total. The lowest BCUT2D eigenvalue weighted by Crippen LogP contribution is -2.00. The topological polar surface area (TPSA) is 51.8 Å². The van der Waals surface area contributed by atoms with Crippen LogP contribution in [0.2, 0.25) is 0 Å². The van der Waals surface area contributed by atoms with Gasteiger partial charge < -0.3 is 4.42 Å². The van der Waals surface area contributed by atoms with Crippen LogP contribution in [0.4, 0.5) is 0 Å². The molecule has 61 heavy (non-hydrogen) atoms. The van der Waals surface area contributed by atoms with E-state index in [1.165, 1.54) is 0 Å². The summed E-state index contributed by atoms with van der Waals surface area (Å²) < 4.78 is 6.96. The highest BCUT2D eigenvalue weighted by Crippen LogP contribution is 2.43. The van der Waals surface area contributed by atoms with Crippen LogP contribution >= 0.6 is 0 Å². The van der Waals surface area contributed by atoms with Crippen molar-refractivity contribution in [3.63, 3.8) is 0 Å². The van der Waals surface area contributed by atoms with E-state index in [0.717, 1.165) is 94.3 Å². The van der Waals surface area contributed by atoms with E-state index in [1.807, 2.05) is 18.2 Å². The maximum atomic E-state index is 6.96. The Balaban J connectivity index is 1.04. The highest BCUT2D eigenvalue weighted by Gasteiger charge is 2.19. The standard InChI is InChI=1S/C57H37N3O/c1-5-15-38(16-6-1)41-27-31-44(32-28-41)55-58-56(45-33-29-42(30-34-45)39-17-7-2-8-18-39)60-57(59-55)47-24-13-23-46(35-47)49-25-14-26-50-52-37-48(40-19-9-3-10-20-40)36-51(54(52)61-53(49)50)43-21-11-4-12-22-43/h1-37H. The minimum Gasteiger partial charge on any atom is -0.455 e. The molecule has 0 aliphatic carbocycles. The van der Waals surface area contributed by atoms with Gasteiger partial charge in [-0.15, -0.1) is 0 Å². The van der Waals surface area contributed by atoms with E-state index < -0.39 is 0 Å². The fraction of sp³-hybridized carbons (Fsp3) is 0. The first-order chi connectivity index (χ1) is 30.2. The highest BCUT2D eigenvalue weighted by molar-refractivity contribution is 6.14. The number of para-hydroxylation sites is 1. The van der Waals surface area contributed by atoms with Gasteiger partial charge in [0.2, 0.25) is 0 Å². The van der Waals surface area contributed by atoms with Gasteiger partial charge in [0, 0.05) is 38.6 Å². The second kappa shape index (κ2) is 15.5. The fourth-order valence-electron chi connectivity index (χ4n) is 8.23. The third-order valence-corrected chi connectivity index (χ3v) is 11.4. The monoisotopic (exact) mass is 779 g/mol. The van der Waals surface area contributed by atoms with Crippen molar-refractivity contribution < 1.29 is 4.42 Å². The fourth-order valence-corrected chi connectivity index (χ4v) is 8.23.